The van der Waals surface area contributed by atoms with Gasteiger partial charge in [0.25, 0.3) is 0 Å². The number of halogens is 2. The molecule has 1 aromatic rings. The lowest BCUT2D eigenvalue weighted by molar-refractivity contribution is -0.138. The first-order chi connectivity index (χ1) is 8.18. The van der Waals surface area contributed by atoms with Gasteiger partial charge in [-0.15, -0.1) is 24.8 Å². The third-order valence-electron chi connectivity index (χ3n) is 2.92. The monoisotopic (exact) mass is 310 g/mol. The van der Waals surface area contributed by atoms with Crippen LogP contribution in [0.3, 0.4) is 0 Å². The number of nitrogens with one attached hydrogen (secondary N) is 2. The van der Waals surface area contributed by atoms with Crippen LogP contribution in [0.15, 0.2) is 12.3 Å². The molecule has 2 rings (SSSR count). The summed E-state index contributed by atoms with van der Waals surface area (Å²) in [7, 11) is 1.78. The Balaban J connectivity index is 0.00000162. The van der Waals surface area contributed by atoms with E-state index < -0.39 is 0 Å². The van der Waals surface area contributed by atoms with Crippen molar-refractivity contribution in [1.29, 1.82) is 0 Å². The average molecular weight is 311 g/mol. The summed E-state index contributed by atoms with van der Waals surface area (Å²) in [6.07, 6.45) is 1.60. The minimum absolute atomic E-state index is 0. The van der Waals surface area contributed by atoms with E-state index in [2.05, 4.69) is 15.5 Å². The number of hydrogen-bond donors (Lipinski definition) is 2. The number of hydrogen-bond acceptors (Lipinski definition) is 4. The standard InChI is InChI=1S/C11H18N4O2.2ClH/c1-8-10(12-5-6-17-8)11(16)15(2)7-9-3-4-13-14-9;;/h3-4,8,10,12H,5-7H2,1-2H3,(H,13,14);2*1H/t8-,10+;;/m1../s1. The van der Waals surface area contributed by atoms with E-state index in [1.165, 1.54) is 0 Å². The molecule has 8 heteroatoms. The fraction of sp³-hybridized carbons (Fsp3) is 0.636. The number of amides is 1. The number of rotatable bonds is 3. The Morgan fingerprint density at radius 3 is 2.89 bits per heavy atom. The first-order valence-corrected chi connectivity index (χ1v) is 5.76. The molecular formula is C11H20Cl2N4O2. The van der Waals surface area contributed by atoms with Crippen molar-refractivity contribution < 1.29 is 9.53 Å². The lowest BCUT2D eigenvalue weighted by atomic mass is 10.1. The molecule has 0 spiro atoms. The number of likely N-dealkylation sites (N-methyl/N-ethyl adjacent to an activating group) is 1. The molecule has 0 saturated carbocycles. The van der Waals surface area contributed by atoms with E-state index in [0.717, 1.165) is 12.2 Å². The third-order valence-corrected chi connectivity index (χ3v) is 2.92. The summed E-state index contributed by atoms with van der Waals surface area (Å²) in [6, 6.07) is 1.61. The van der Waals surface area contributed by atoms with Gasteiger partial charge in [-0.25, -0.2) is 0 Å². The lowest BCUT2D eigenvalue weighted by Gasteiger charge is -2.32. The van der Waals surface area contributed by atoms with E-state index in [-0.39, 0.29) is 42.9 Å². The van der Waals surface area contributed by atoms with Gasteiger partial charge in [0.05, 0.1) is 24.9 Å². The van der Waals surface area contributed by atoms with Gasteiger partial charge in [-0.1, -0.05) is 0 Å². The Bertz CT molecular complexity index is 375. The summed E-state index contributed by atoms with van der Waals surface area (Å²) in [5.74, 6) is 0.0480. The van der Waals surface area contributed by atoms with Crippen molar-refractivity contribution in [3.05, 3.63) is 18.0 Å². The molecule has 0 aliphatic carbocycles. The number of ether oxygens (including phenoxy) is 1. The van der Waals surface area contributed by atoms with E-state index in [1.54, 1.807) is 18.1 Å². The quantitative estimate of drug-likeness (QED) is 0.857. The molecule has 1 fully saturated rings. The Morgan fingerprint density at radius 2 is 2.32 bits per heavy atom. The molecule has 110 valence electrons. The molecule has 1 aromatic heterocycles. The van der Waals surface area contributed by atoms with Gasteiger partial charge in [0, 0.05) is 19.8 Å². The fourth-order valence-electron chi connectivity index (χ4n) is 1.95. The maximum Gasteiger partial charge on any atom is 0.242 e. The van der Waals surface area contributed by atoms with Gasteiger partial charge in [0.2, 0.25) is 5.91 Å². The van der Waals surface area contributed by atoms with Gasteiger partial charge in [-0.05, 0) is 13.0 Å². The van der Waals surface area contributed by atoms with Crippen LogP contribution in [0.4, 0.5) is 0 Å². The number of carbonyl (C=O) groups is 1. The van der Waals surface area contributed by atoms with Crippen LogP contribution in [0.5, 0.6) is 0 Å². The molecule has 2 heterocycles. The van der Waals surface area contributed by atoms with Crippen LogP contribution in [0.2, 0.25) is 0 Å². The van der Waals surface area contributed by atoms with Crippen LogP contribution in [0.25, 0.3) is 0 Å². The van der Waals surface area contributed by atoms with E-state index in [0.29, 0.717) is 13.2 Å². The number of H-pyrrole nitrogens is 1. The second-order valence-corrected chi connectivity index (χ2v) is 4.28. The van der Waals surface area contributed by atoms with Crippen LogP contribution in [-0.4, -0.2) is 53.3 Å². The van der Waals surface area contributed by atoms with Gasteiger partial charge >= 0.3 is 0 Å². The van der Waals surface area contributed by atoms with Crippen molar-refractivity contribution in [2.45, 2.75) is 25.6 Å². The van der Waals surface area contributed by atoms with Crippen molar-refractivity contribution >= 4 is 30.7 Å². The summed E-state index contributed by atoms with van der Waals surface area (Å²) in [5, 5.41) is 9.89. The fourth-order valence-corrected chi connectivity index (χ4v) is 1.95. The largest absolute Gasteiger partial charge is 0.375 e. The number of aromatic nitrogens is 2. The molecule has 19 heavy (non-hydrogen) atoms. The first-order valence-electron chi connectivity index (χ1n) is 5.76. The highest BCUT2D eigenvalue weighted by molar-refractivity contribution is 5.85. The highest BCUT2D eigenvalue weighted by Crippen LogP contribution is 2.08. The molecule has 1 aliphatic heterocycles. The maximum atomic E-state index is 12.2. The predicted molar refractivity (Wildman–Crippen MR) is 76.8 cm³/mol. The van der Waals surface area contributed by atoms with Crippen molar-refractivity contribution in [1.82, 2.24) is 20.4 Å². The number of aromatic amines is 1. The van der Waals surface area contributed by atoms with Crippen LogP contribution in [-0.2, 0) is 16.1 Å². The van der Waals surface area contributed by atoms with E-state index >= 15 is 0 Å². The summed E-state index contributed by atoms with van der Waals surface area (Å²) >= 11 is 0. The van der Waals surface area contributed by atoms with Crippen LogP contribution in [0, 0.1) is 0 Å². The smallest absolute Gasteiger partial charge is 0.242 e. The zero-order chi connectivity index (χ0) is 12.3. The van der Waals surface area contributed by atoms with Gasteiger partial charge < -0.3 is 15.0 Å². The topological polar surface area (TPSA) is 70.2 Å². The Morgan fingerprint density at radius 1 is 1.58 bits per heavy atom. The van der Waals surface area contributed by atoms with Crippen molar-refractivity contribution in [3.63, 3.8) is 0 Å². The molecule has 0 aromatic carbocycles. The van der Waals surface area contributed by atoms with Gasteiger partial charge in [0.15, 0.2) is 0 Å². The number of nitrogens with zero attached hydrogens (tertiary/aromatic N) is 2. The Kier molecular flexibility index (Phi) is 8.01. The highest BCUT2D eigenvalue weighted by atomic mass is 35.5. The van der Waals surface area contributed by atoms with Gasteiger partial charge in [-0.3, -0.25) is 9.89 Å². The molecule has 2 N–H and O–H groups in total. The van der Waals surface area contributed by atoms with Crippen molar-refractivity contribution in [3.8, 4) is 0 Å². The summed E-state index contributed by atoms with van der Waals surface area (Å²) in [4.78, 5) is 13.9. The van der Waals surface area contributed by atoms with E-state index in [9.17, 15) is 4.79 Å². The summed E-state index contributed by atoms with van der Waals surface area (Å²) in [6.45, 7) is 3.83. The number of morpholine rings is 1. The maximum absolute atomic E-state index is 12.2. The minimum atomic E-state index is -0.253. The average Bonchev–Trinajstić information content (AvgIpc) is 2.81. The second-order valence-electron chi connectivity index (χ2n) is 4.28. The second kappa shape index (κ2) is 8.37. The molecule has 1 amide bonds. The van der Waals surface area contributed by atoms with Crippen LogP contribution in [0.1, 0.15) is 12.6 Å². The van der Waals surface area contributed by atoms with Gasteiger partial charge in [0.1, 0.15) is 6.04 Å². The molecule has 1 saturated heterocycles. The molecule has 6 nitrogen and oxygen atoms in total. The van der Waals surface area contributed by atoms with Crippen molar-refractivity contribution in [2.24, 2.45) is 0 Å². The summed E-state index contributed by atoms with van der Waals surface area (Å²) < 4.78 is 5.47. The molecular weight excluding hydrogens is 291 g/mol. The normalized spacial score (nSPS) is 22.0. The molecule has 1 aliphatic rings. The SMILES string of the molecule is C[C@H]1OCCN[C@@H]1C(=O)N(C)Cc1ccn[nH]1.Cl.Cl. The van der Waals surface area contributed by atoms with Gasteiger partial charge in [-0.2, -0.15) is 5.10 Å². The predicted octanol–water partition coefficient (Wildman–Crippen LogP) is 0.589. The first kappa shape index (κ1) is 18.2. The molecule has 0 radical (unpaired) electrons. The van der Waals surface area contributed by atoms with E-state index in [1.807, 2.05) is 13.0 Å². The van der Waals surface area contributed by atoms with Crippen molar-refractivity contribution in [2.75, 3.05) is 20.2 Å². The third kappa shape index (κ3) is 4.65. The lowest BCUT2D eigenvalue weighted by Crippen LogP contribution is -2.55. The Hall–Kier alpha value is -0.820. The molecule has 2 atom stereocenters. The molecule has 0 bridgehead atoms. The van der Waals surface area contributed by atoms with E-state index in [4.69, 9.17) is 4.74 Å². The zero-order valence-corrected chi connectivity index (χ0v) is 12.6. The number of carbonyl (C=O) groups excluding carboxylic acids is 1. The summed E-state index contributed by atoms with van der Waals surface area (Å²) in [5.41, 5.74) is 0.922. The highest BCUT2D eigenvalue weighted by Gasteiger charge is 2.30. The minimum Gasteiger partial charge on any atom is -0.375 e. The van der Waals surface area contributed by atoms with Crippen LogP contribution < -0.4 is 5.32 Å². The molecule has 0 unspecified atom stereocenters. The van der Waals surface area contributed by atoms with Crippen LogP contribution >= 0.6 is 24.8 Å². The Labute approximate surface area is 125 Å². The zero-order valence-electron chi connectivity index (χ0n) is 11.0.